The summed E-state index contributed by atoms with van der Waals surface area (Å²) < 4.78 is 2.01. The third-order valence-corrected chi connectivity index (χ3v) is 2.86. The number of hydrogen-bond donors (Lipinski definition) is 1. The summed E-state index contributed by atoms with van der Waals surface area (Å²) in [6.45, 7) is 1.95. The van der Waals surface area contributed by atoms with Gasteiger partial charge in [-0.15, -0.1) is 10.2 Å². The van der Waals surface area contributed by atoms with Gasteiger partial charge >= 0.3 is 0 Å². The Hall–Kier alpha value is -1.84. The SMILES string of the molecule is Cc1nnc(CCc2ccccc2N)n1C. The zero-order valence-electron chi connectivity index (χ0n) is 9.64. The largest absolute Gasteiger partial charge is 0.399 e. The summed E-state index contributed by atoms with van der Waals surface area (Å²) >= 11 is 0. The first-order valence-electron chi connectivity index (χ1n) is 5.36. The van der Waals surface area contributed by atoms with E-state index in [9.17, 15) is 0 Å². The average Bonchev–Trinajstić information content (AvgIpc) is 2.59. The number of anilines is 1. The Kier molecular flexibility index (Phi) is 2.90. The molecular weight excluding hydrogens is 200 g/mol. The van der Waals surface area contributed by atoms with E-state index in [4.69, 9.17) is 5.73 Å². The Morgan fingerprint density at radius 3 is 2.56 bits per heavy atom. The molecule has 0 aliphatic rings. The monoisotopic (exact) mass is 216 g/mol. The summed E-state index contributed by atoms with van der Waals surface area (Å²) in [6, 6.07) is 7.94. The number of rotatable bonds is 3. The fourth-order valence-corrected chi connectivity index (χ4v) is 1.68. The van der Waals surface area contributed by atoms with Crippen LogP contribution >= 0.6 is 0 Å². The number of nitrogens with two attached hydrogens (primary N) is 1. The highest BCUT2D eigenvalue weighted by atomic mass is 15.3. The first-order valence-corrected chi connectivity index (χ1v) is 5.36. The van der Waals surface area contributed by atoms with Crippen LogP contribution in [0.3, 0.4) is 0 Å². The molecule has 0 aliphatic carbocycles. The highest BCUT2D eigenvalue weighted by Gasteiger charge is 2.05. The van der Waals surface area contributed by atoms with Gasteiger partial charge in [-0.3, -0.25) is 0 Å². The van der Waals surface area contributed by atoms with Gasteiger partial charge in [-0.1, -0.05) is 18.2 Å². The van der Waals surface area contributed by atoms with Gasteiger partial charge in [-0.25, -0.2) is 0 Å². The minimum Gasteiger partial charge on any atom is -0.399 e. The van der Waals surface area contributed by atoms with Gasteiger partial charge in [-0.2, -0.15) is 0 Å². The normalized spacial score (nSPS) is 10.6. The molecule has 0 saturated carbocycles. The zero-order valence-corrected chi connectivity index (χ0v) is 9.64. The summed E-state index contributed by atoms with van der Waals surface area (Å²) in [6.07, 6.45) is 1.77. The molecule has 84 valence electrons. The second-order valence-corrected chi connectivity index (χ2v) is 3.92. The van der Waals surface area contributed by atoms with E-state index < -0.39 is 0 Å². The van der Waals surface area contributed by atoms with Crippen LogP contribution in [-0.4, -0.2) is 14.8 Å². The van der Waals surface area contributed by atoms with Crippen LogP contribution in [0, 0.1) is 6.92 Å². The van der Waals surface area contributed by atoms with E-state index in [2.05, 4.69) is 16.3 Å². The fourth-order valence-electron chi connectivity index (χ4n) is 1.68. The standard InChI is InChI=1S/C12H16N4/c1-9-14-15-12(16(9)2)8-7-10-5-3-4-6-11(10)13/h3-6H,7-8,13H2,1-2H3. The van der Waals surface area contributed by atoms with Crippen molar-refractivity contribution < 1.29 is 0 Å². The molecule has 0 fully saturated rings. The van der Waals surface area contributed by atoms with Crippen LogP contribution in [-0.2, 0) is 19.9 Å². The van der Waals surface area contributed by atoms with Crippen molar-refractivity contribution in [2.24, 2.45) is 7.05 Å². The average molecular weight is 216 g/mol. The fraction of sp³-hybridized carbons (Fsp3) is 0.333. The maximum Gasteiger partial charge on any atom is 0.133 e. The molecule has 0 unspecified atom stereocenters. The van der Waals surface area contributed by atoms with Crippen molar-refractivity contribution in [1.82, 2.24) is 14.8 Å². The number of aryl methyl sites for hydroxylation is 3. The molecule has 0 spiro atoms. The molecule has 1 aromatic carbocycles. The van der Waals surface area contributed by atoms with E-state index in [0.29, 0.717) is 0 Å². The zero-order chi connectivity index (χ0) is 11.5. The first kappa shape index (κ1) is 10.7. The second-order valence-electron chi connectivity index (χ2n) is 3.92. The Balaban J connectivity index is 2.08. The van der Waals surface area contributed by atoms with Crippen molar-refractivity contribution in [2.45, 2.75) is 19.8 Å². The lowest BCUT2D eigenvalue weighted by atomic mass is 10.1. The second kappa shape index (κ2) is 4.35. The Bertz CT molecular complexity index is 488. The maximum atomic E-state index is 5.89. The van der Waals surface area contributed by atoms with Gasteiger partial charge in [-0.05, 0) is 25.0 Å². The molecular formula is C12H16N4. The number of aromatic nitrogens is 3. The molecule has 16 heavy (non-hydrogen) atoms. The molecule has 2 rings (SSSR count). The number of hydrogen-bond acceptors (Lipinski definition) is 3. The molecule has 0 saturated heterocycles. The van der Waals surface area contributed by atoms with Crippen LogP contribution in [0.1, 0.15) is 17.2 Å². The van der Waals surface area contributed by atoms with Gasteiger partial charge in [0, 0.05) is 19.2 Å². The summed E-state index contributed by atoms with van der Waals surface area (Å²) in [4.78, 5) is 0. The number of para-hydroxylation sites is 1. The lowest BCUT2D eigenvalue weighted by molar-refractivity contribution is 0.756. The lowest BCUT2D eigenvalue weighted by Crippen LogP contribution is -2.03. The third-order valence-electron chi connectivity index (χ3n) is 2.86. The topological polar surface area (TPSA) is 56.7 Å². The van der Waals surface area contributed by atoms with Crippen molar-refractivity contribution in [2.75, 3.05) is 5.73 Å². The van der Waals surface area contributed by atoms with E-state index in [1.807, 2.05) is 36.7 Å². The van der Waals surface area contributed by atoms with Crippen molar-refractivity contribution in [1.29, 1.82) is 0 Å². The maximum absolute atomic E-state index is 5.89. The van der Waals surface area contributed by atoms with Crippen molar-refractivity contribution in [3.05, 3.63) is 41.5 Å². The molecule has 1 aromatic heterocycles. The smallest absolute Gasteiger partial charge is 0.133 e. The van der Waals surface area contributed by atoms with Gasteiger partial charge in [0.25, 0.3) is 0 Å². The molecule has 4 heteroatoms. The van der Waals surface area contributed by atoms with Crippen LogP contribution in [0.5, 0.6) is 0 Å². The van der Waals surface area contributed by atoms with E-state index in [1.165, 1.54) is 5.56 Å². The lowest BCUT2D eigenvalue weighted by Gasteiger charge is -2.05. The van der Waals surface area contributed by atoms with Gasteiger partial charge in [0.05, 0.1) is 0 Å². The molecule has 0 radical (unpaired) electrons. The molecule has 0 atom stereocenters. The number of benzene rings is 1. The molecule has 2 aromatic rings. The Morgan fingerprint density at radius 1 is 1.19 bits per heavy atom. The third kappa shape index (κ3) is 2.05. The number of nitrogens with zero attached hydrogens (tertiary/aromatic N) is 3. The van der Waals surface area contributed by atoms with E-state index in [-0.39, 0.29) is 0 Å². The van der Waals surface area contributed by atoms with Gasteiger partial charge in [0.15, 0.2) is 0 Å². The first-order chi connectivity index (χ1) is 7.68. The molecule has 0 aliphatic heterocycles. The molecule has 4 nitrogen and oxygen atoms in total. The quantitative estimate of drug-likeness (QED) is 0.791. The highest BCUT2D eigenvalue weighted by Crippen LogP contribution is 2.13. The molecule has 2 N–H and O–H groups in total. The van der Waals surface area contributed by atoms with E-state index in [0.717, 1.165) is 30.2 Å². The Morgan fingerprint density at radius 2 is 1.94 bits per heavy atom. The summed E-state index contributed by atoms with van der Waals surface area (Å²) in [5, 5.41) is 8.16. The van der Waals surface area contributed by atoms with Crippen molar-refractivity contribution in [3.63, 3.8) is 0 Å². The van der Waals surface area contributed by atoms with Crippen molar-refractivity contribution >= 4 is 5.69 Å². The molecule has 1 heterocycles. The summed E-state index contributed by atoms with van der Waals surface area (Å²) in [7, 11) is 1.99. The predicted molar refractivity (Wildman–Crippen MR) is 64.0 cm³/mol. The van der Waals surface area contributed by atoms with E-state index >= 15 is 0 Å². The van der Waals surface area contributed by atoms with Crippen LogP contribution in [0.15, 0.2) is 24.3 Å². The minimum atomic E-state index is 0.849. The number of nitrogen functional groups attached to an aromatic ring is 1. The van der Waals surface area contributed by atoms with Crippen LogP contribution < -0.4 is 5.73 Å². The highest BCUT2D eigenvalue weighted by molar-refractivity contribution is 5.46. The minimum absolute atomic E-state index is 0.849. The van der Waals surface area contributed by atoms with E-state index in [1.54, 1.807) is 0 Å². The van der Waals surface area contributed by atoms with Gasteiger partial charge in [0.2, 0.25) is 0 Å². The van der Waals surface area contributed by atoms with Crippen LogP contribution in [0.4, 0.5) is 5.69 Å². The Labute approximate surface area is 95.1 Å². The molecule has 0 bridgehead atoms. The summed E-state index contributed by atoms with van der Waals surface area (Å²) in [5.41, 5.74) is 7.90. The predicted octanol–water partition coefficient (Wildman–Crippen LogP) is 1.49. The molecule has 0 amide bonds. The van der Waals surface area contributed by atoms with Gasteiger partial charge < -0.3 is 10.3 Å². The van der Waals surface area contributed by atoms with Crippen LogP contribution in [0.25, 0.3) is 0 Å². The van der Waals surface area contributed by atoms with Crippen LogP contribution in [0.2, 0.25) is 0 Å². The van der Waals surface area contributed by atoms with Gasteiger partial charge in [0.1, 0.15) is 11.6 Å². The summed E-state index contributed by atoms with van der Waals surface area (Å²) in [5.74, 6) is 1.94. The van der Waals surface area contributed by atoms with Crippen molar-refractivity contribution in [3.8, 4) is 0 Å².